The molecule has 0 atom stereocenters. The summed E-state index contributed by atoms with van der Waals surface area (Å²) < 4.78 is 17.3. The number of rotatable bonds is 2. The highest BCUT2D eigenvalue weighted by atomic mass is 35.5. The van der Waals surface area contributed by atoms with Crippen molar-refractivity contribution in [2.24, 2.45) is 5.90 Å². The van der Waals surface area contributed by atoms with E-state index in [0.717, 1.165) is 0 Å². The summed E-state index contributed by atoms with van der Waals surface area (Å²) in [5, 5.41) is 0. The van der Waals surface area contributed by atoms with E-state index in [4.69, 9.17) is 10.6 Å². The first-order valence-corrected chi connectivity index (χ1v) is 2.98. The number of hydrogen-bond acceptors (Lipinski definition) is 3. The minimum Gasteiger partial charge on any atom is -0.493 e. The number of ether oxygens (including phenoxy) is 1. The van der Waals surface area contributed by atoms with Crippen LogP contribution < -0.4 is 15.5 Å². The first-order valence-electron chi connectivity index (χ1n) is 2.98. The van der Waals surface area contributed by atoms with Crippen LogP contribution in [-0.2, 0) is 0 Å². The fraction of sp³-hybridized carbons (Fsp3) is 0.143. The molecule has 0 unspecified atom stereocenters. The van der Waals surface area contributed by atoms with Crippen molar-refractivity contribution in [2.45, 2.75) is 0 Å². The average Bonchev–Trinajstić information content (AvgIpc) is 2.04. The summed E-state index contributed by atoms with van der Waals surface area (Å²) in [5.74, 6) is 5.09. The molecule has 12 heavy (non-hydrogen) atoms. The van der Waals surface area contributed by atoms with Crippen molar-refractivity contribution >= 4 is 12.4 Å². The topological polar surface area (TPSA) is 44.5 Å². The van der Waals surface area contributed by atoms with Gasteiger partial charge < -0.3 is 9.57 Å². The third kappa shape index (κ3) is 2.25. The molecule has 0 fully saturated rings. The van der Waals surface area contributed by atoms with Gasteiger partial charge in [-0.15, -0.1) is 12.4 Å². The Kier molecular flexibility index (Phi) is 4.39. The molecule has 1 aromatic carbocycles. The fourth-order valence-corrected chi connectivity index (χ4v) is 0.739. The van der Waals surface area contributed by atoms with Crippen LogP contribution in [0.25, 0.3) is 0 Å². The molecule has 0 aliphatic rings. The maximum atomic E-state index is 12.5. The highest BCUT2D eigenvalue weighted by Gasteiger charge is 2.03. The SMILES string of the molecule is COc1cc(F)ccc1ON.Cl. The first kappa shape index (κ1) is 11.0. The average molecular weight is 194 g/mol. The molecule has 1 aromatic rings. The molecule has 2 N–H and O–H groups in total. The molecule has 0 heterocycles. The van der Waals surface area contributed by atoms with E-state index in [1.165, 1.54) is 25.3 Å². The molecule has 0 spiro atoms. The lowest BCUT2D eigenvalue weighted by Gasteiger charge is -2.04. The lowest BCUT2D eigenvalue weighted by atomic mass is 10.3. The number of benzene rings is 1. The van der Waals surface area contributed by atoms with Gasteiger partial charge in [0.1, 0.15) is 5.82 Å². The maximum Gasteiger partial charge on any atom is 0.188 e. The summed E-state index contributed by atoms with van der Waals surface area (Å²) in [6.45, 7) is 0. The van der Waals surface area contributed by atoms with Crippen molar-refractivity contribution in [1.82, 2.24) is 0 Å². The van der Waals surface area contributed by atoms with E-state index in [9.17, 15) is 4.39 Å². The molecule has 3 nitrogen and oxygen atoms in total. The Balaban J connectivity index is 0.00000121. The van der Waals surface area contributed by atoms with Gasteiger partial charge in [0.05, 0.1) is 7.11 Å². The third-order valence-electron chi connectivity index (χ3n) is 1.25. The standard InChI is InChI=1S/C7H8FNO2.ClH/c1-10-7-4-5(8)2-3-6(7)11-9;/h2-4H,9H2,1H3;1H. The minimum absolute atomic E-state index is 0. The molecule has 5 heteroatoms. The van der Waals surface area contributed by atoms with Gasteiger partial charge in [0.25, 0.3) is 0 Å². The van der Waals surface area contributed by atoms with Crippen LogP contribution in [-0.4, -0.2) is 7.11 Å². The van der Waals surface area contributed by atoms with Crippen molar-refractivity contribution in [2.75, 3.05) is 7.11 Å². The van der Waals surface area contributed by atoms with Crippen LogP contribution in [0.3, 0.4) is 0 Å². The number of halogens is 2. The van der Waals surface area contributed by atoms with Gasteiger partial charge in [-0.25, -0.2) is 4.39 Å². The van der Waals surface area contributed by atoms with Crippen molar-refractivity contribution in [3.05, 3.63) is 24.0 Å². The summed E-state index contributed by atoms with van der Waals surface area (Å²) in [6, 6.07) is 3.83. The van der Waals surface area contributed by atoms with Gasteiger partial charge in [0, 0.05) is 6.07 Å². The molecule has 0 aliphatic carbocycles. The second-order valence-electron chi connectivity index (χ2n) is 1.91. The van der Waals surface area contributed by atoms with Crippen LogP contribution >= 0.6 is 12.4 Å². The molecule has 0 saturated heterocycles. The van der Waals surface area contributed by atoms with E-state index < -0.39 is 0 Å². The number of methoxy groups -OCH3 is 1. The summed E-state index contributed by atoms with van der Waals surface area (Å²) in [4.78, 5) is 4.40. The minimum atomic E-state index is -0.386. The van der Waals surface area contributed by atoms with Crippen molar-refractivity contribution in [3.8, 4) is 11.5 Å². The molecule has 0 saturated carbocycles. The summed E-state index contributed by atoms with van der Waals surface area (Å²) in [6.07, 6.45) is 0. The second kappa shape index (κ2) is 4.79. The Morgan fingerprint density at radius 2 is 2.00 bits per heavy atom. The number of hydrogen-bond donors (Lipinski definition) is 1. The molecule has 0 bridgehead atoms. The lowest BCUT2D eigenvalue weighted by molar-refractivity contribution is 0.304. The van der Waals surface area contributed by atoms with E-state index >= 15 is 0 Å². The van der Waals surface area contributed by atoms with Crippen molar-refractivity contribution in [3.63, 3.8) is 0 Å². The van der Waals surface area contributed by atoms with E-state index in [1.54, 1.807) is 0 Å². The Labute approximate surface area is 75.6 Å². The highest BCUT2D eigenvalue weighted by molar-refractivity contribution is 5.85. The van der Waals surface area contributed by atoms with Gasteiger partial charge in [-0.2, -0.15) is 5.90 Å². The van der Waals surface area contributed by atoms with E-state index in [1.807, 2.05) is 0 Å². The van der Waals surface area contributed by atoms with Gasteiger partial charge in [-0.05, 0) is 12.1 Å². The highest BCUT2D eigenvalue weighted by Crippen LogP contribution is 2.25. The van der Waals surface area contributed by atoms with E-state index in [2.05, 4.69) is 4.84 Å². The zero-order valence-electron chi connectivity index (χ0n) is 6.41. The largest absolute Gasteiger partial charge is 0.493 e. The van der Waals surface area contributed by atoms with Crippen LogP contribution in [0.15, 0.2) is 18.2 Å². The summed E-state index contributed by atoms with van der Waals surface area (Å²) >= 11 is 0. The smallest absolute Gasteiger partial charge is 0.188 e. The molecule has 0 radical (unpaired) electrons. The molecule has 68 valence electrons. The van der Waals surface area contributed by atoms with Gasteiger partial charge in [0.2, 0.25) is 0 Å². The van der Waals surface area contributed by atoms with Gasteiger partial charge in [0.15, 0.2) is 11.5 Å². The zero-order valence-corrected chi connectivity index (χ0v) is 7.23. The van der Waals surface area contributed by atoms with Gasteiger partial charge in [-0.1, -0.05) is 0 Å². The predicted molar refractivity (Wildman–Crippen MR) is 45.0 cm³/mol. The normalized spacial score (nSPS) is 8.58. The maximum absolute atomic E-state index is 12.5. The molecular formula is C7H9ClFNO2. The summed E-state index contributed by atoms with van der Waals surface area (Å²) in [7, 11) is 1.41. The number of nitrogens with two attached hydrogens (primary N) is 1. The fourth-order valence-electron chi connectivity index (χ4n) is 0.739. The van der Waals surface area contributed by atoms with Crippen LogP contribution in [0.5, 0.6) is 11.5 Å². The van der Waals surface area contributed by atoms with Crippen LogP contribution in [0.1, 0.15) is 0 Å². The van der Waals surface area contributed by atoms with Crippen LogP contribution in [0, 0.1) is 5.82 Å². The second-order valence-corrected chi connectivity index (χ2v) is 1.91. The first-order chi connectivity index (χ1) is 5.27. The van der Waals surface area contributed by atoms with Crippen LogP contribution in [0.4, 0.5) is 4.39 Å². The van der Waals surface area contributed by atoms with E-state index in [-0.39, 0.29) is 24.0 Å². The molecule has 0 aromatic heterocycles. The molecule has 0 aliphatic heterocycles. The Morgan fingerprint density at radius 3 is 2.50 bits per heavy atom. The molecule has 0 amide bonds. The van der Waals surface area contributed by atoms with Crippen molar-refractivity contribution in [1.29, 1.82) is 0 Å². The Morgan fingerprint density at radius 1 is 1.33 bits per heavy atom. The van der Waals surface area contributed by atoms with E-state index in [0.29, 0.717) is 5.75 Å². The zero-order chi connectivity index (χ0) is 8.27. The predicted octanol–water partition coefficient (Wildman–Crippen LogP) is 1.51. The lowest BCUT2D eigenvalue weighted by Crippen LogP contribution is -2.03. The Bertz CT molecular complexity index is 257. The Hall–Kier alpha value is -1.00. The van der Waals surface area contributed by atoms with Crippen molar-refractivity contribution < 1.29 is 14.0 Å². The quantitative estimate of drug-likeness (QED) is 0.725. The van der Waals surface area contributed by atoms with Gasteiger partial charge >= 0.3 is 0 Å². The third-order valence-corrected chi connectivity index (χ3v) is 1.25. The monoisotopic (exact) mass is 193 g/mol. The molecule has 1 rings (SSSR count). The summed E-state index contributed by atoms with van der Waals surface area (Å²) in [5.41, 5.74) is 0. The molecular weight excluding hydrogens is 185 g/mol. The van der Waals surface area contributed by atoms with Crippen LogP contribution in [0.2, 0.25) is 0 Å². The van der Waals surface area contributed by atoms with Gasteiger partial charge in [-0.3, -0.25) is 0 Å².